The normalized spacial score (nSPS) is 17.4. The summed E-state index contributed by atoms with van der Waals surface area (Å²) >= 11 is 0. The van der Waals surface area contributed by atoms with Gasteiger partial charge in [-0.05, 0) is 44.5 Å². The first kappa shape index (κ1) is 14.3. The van der Waals surface area contributed by atoms with Gasteiger partial charge in [0, 0.05) is 11.7 Å². The van der Waals surface area contributed by atoms with Gasteiger partial charge in [-0.25, -0.2) is 13.1 Å². The Bertz CT molecular complexity index is 534. The lowest BCUT2D eigenvalue weighted by atomic mass is 9.95. The highest BCUT2D eigenvalue weighted by atomic mass is 32.2. The highest BCUT2D eigenvalue weighted by Crippen LogP contribution is 2.24. The van der Waals surface area contributed by atoms with Crippen molar-refractivity contribution >= 4 is 15.7 Å². The second kappa shape index (κ2) is 5.92. The summed E-state index contributed by atoms with van der Waals surface area (Å²) in [5.41, 5.74) is 1.66. The van der Waals surface area contributed by atoms with E-state index in [9.17, 15) is 8.42 Å². The number of sulfonamides is 1. The minimum Gasteiger partial charge on any atom is -0.382 e. The molecule has 0 saturated heterocycles. The molecule has 0 bridgehead atoms. The van der Waals surface area contributed by atoms with Gasteiger partial charge in [-0.15, -0.1) is 0 Å². The first-order valence-corrected chi connectivity index (χ1v) is 8.32. The predicted molar refractivity (Wildman–Crippen MR) is 77.9 cm³/mol. The van der Waals surface area contributed by atoms with E-state index < -0.39 is 10.0 Å². The van der Waals surface area contributed by atoms with Gasteiger partial charge in [-0.3, -0.25) is 0 Å². The van der Waals surface area contributed by atoms with E-state index in [1.807, 2.05) is 19.1 Å². The van der Waals surface area contributed by atoms with Crippen LogP contribution < -0.4 is 10.0 Å². The molecule has 0 spiro atoms. The molecule has 0 unspecified atom stereocenters. The summed E-state index contributed by atoms with van der Waals surface area (Å²) in [4.78, 5) is 0.357. The van der Waals surface area contributed by atoms with Crippen molar-refractivity contribution in [2.24, 2.45) is 0 Å². The second-order valence-electron chi connectivity index (χ2n) is 5.17. The van der Waals surface area contributed by atoms with E-state index in [4.69, 9.17) is 0 Å². The topological polar surface area (TPSA) is 58.2 Å². The van der Waals surface area contributed by atoms with Crippen LogP contribution in [0.2, 0.25) is 0 Å². The van der Waals surface area contributed by atoms with Crippen LogP contribution in [-0.2, 0) is 10.0 Å². The SMILES string of the molecule is CNS(=O)(=O)c1cc(NC2CCCCC2)ccc1C. The van der Waals surface area contributed by atoms with Crippen LogP contribution in [0.5, 0.6) is 0 Å². The molecule has 0 amide bonds. The summed E-state index contributed by atoms with van der Waals surface area (Å²) in [6.45, 7) is 1.81. The molecule has 0 aromatic heterocycles. The van der Waals surface area contributed by atoms with Gasteiger partial charge >= 0.3 is 0 Å². The highest BCUT2D eigenvalue weighted by Gasteiger charge is 2.17. The molecule has 1 fully saturated rings. The van der Waals surface area contributed by atoms with Crippen LogP contribution in [0.4, 0.5) is 5.69 Å². The Hall–Kier alpha value is -1.07. The average molecular weight is 282 g/mol. The average Bonchev–Trinajstić information content (AvgIpc) is 2.42. The van der Waals surface area contributed by atoms with Crippen LogP contribution in [0.15, 0.2) is 23.1 Å². The molecule has 1 saturated carbocycles. The molecule has 0 radical (unpaired) electrons. The van der Waals surface area contributed by atoms with Gasteiger partial charge in [0.05, 0.1) is 4.90 Å². The van der Waals surface area contributed by atoms with Crippen LogP contribution in [-0.4, -0.2) is 21.5 Å². The molecule has 19 heavy (non-hydrogen) atoms. The van der Waals surface area contributed by atoms with Gasteiger partial charge in [0.1, 0.15) is 0 Å². The van der Waals surface area contributed by atoms with Crippen molar-refractivity contribution < 1.29 is 8.42 Å². The number of hydrogen-bond acceptors (Lipinski definition) is 3. The summed E-state index contributed by atoms with van der Waals surface area (Å²) in [6.07, 6.45) is 6.16. The van der Waals surface area contributed by atoms with Crippen molar-refractivity contribution in [1.29, 1.82) is 0 Å². The van der Waals surface area contributed by atoms with Crippen LogP contribution in [0.3, 0.4) is 0 Å². The fraction of sp³-hybridized carbons (Fsp3) is 0.571. The molecule has 1 aromatic rings. The van der Waals surface area contributed by atoms with E-state index >= 15 is 0 Å². The van der Waals surface area contributed by atoms with E-state index in [1.54, 1.807) is 6.07 Å². The zero-order valence-electron chi connectivity index (χ0n) is 11.6. The molecule has 0 heterocycles. The number of nitrogens with one attached hydrogen (secondary N) is 2. The molecule has 2 rings (SSSR count). The quantitative estimate of drug-likeness (QED) is 0.892. The molecule has 1 aliphatic rings. The van der Waals surface area contributed by atoms with E-state index in [1.165, 1.54) is 39.2 Å². The summed E-state index contributed by atoms with van der Waals surface area (Å²) in [6, 6.07) is 6.02. The number of hydrogen-bond donors (Lipinski definition) is 2. The van der Waals surface area contributed by atoms with Crippen molar-refractivity contribution in [2.75, 3.05) is 12.4 Å². The molecule has 2 N–H and O–H groups in total. The summed E-state index contributed by atoms with van der Waals surface area (Å²) < 4.78 is 26.2. The van der Waals surface area contributed by atoms with Crippen molar-refractivity contribution in [1.82, 2.24) is 4.72 Å². The largest absolute Gasteiger partial charge is 0.382 e. The molecule has 1 aliphatic carbocycles. The fourth-order valence-electron chi connectivity index (χ4n) is 2.57. The summed E-state index contributed by atoms with van der Waals surface area (Å²) in [7, 11) is -1.94. The smallest absolute Gasteiger partial charge is 0.240 e. The van der Waals surface area contributed by atoms with Crippen molar-refractivity contribution in [2.45, 2.75) is 50.0 Å². The molecule has 0 aliphatic heterocycles. The standard InChI is InChI=1S/C14H22N2O2S/c1-11-8-9-13(10-14(11)19(17,18)15-2)16-12-6-4-3-5-7-12/h8-10,12,15-16H,3-7H2,1-2H3. The lowest BCUT2D eigenvalue weighted by molar-refractivity contribution is 0.462. The van der Waals surface area contributed by atoms with Crippen LogP contribution in [0, 0.1) is 6.92 Å². The Morgan fingerprint density at radius 2 is 1.84 bits per heavy atom. The van der Waals surface area contributed by atoms with Gasteiger partial charge < -0.3 is 5.32 Å². The van der Waals surface area contributed by atoms with Gasteiger partial charge in [0.2, 0.25) is 10.0 Å². The maximum Gasteiger partial charge on any atom is 0.240 e. The second-order valence-corrected chi connectivity index (χ2v) is 7.02. The monoisotopic (exact) mass is 282 g/mol. The van der Waals surface area contributed by atoms with E-state index in [2.05, 4.69) is 10.0 Å². The van der Waals surface area contributed by atoms with Crippen molar-refractivity contribution in [3.8, 4) is 0 Å². The zero-order valence-corrected chi connectivity index (χ0v) is 12.4. The molecular formula is C14H22N2O2S. The molecule has 4 nitrogen and oxygen atoms in total. The third kappa shape index (κ3) is 3.48. The van der Waals surface area contributed by atoms with Crippen molar-refractivity contribution in [3.63, 3.8) is 0 Å². The lowest BCUT2D eigenvalue weighted by Crippen LogP contribution is -2.23. The molecule has 1 aromatic carbocycles. The van der Waals surface area contributed by atoms with Gasteiger partial charge in [-0.1, -0.05) is 25.3 Å². The van der Waals surface area contributed by atoms with Crippen LogP contribution in [0.25, 0.3) is 0 Å². The number of aryl methyl sites for hydroxylation is 1. The van der Waals surface area contributed by atoms with Gasteiger partial charge in [0.15, 0.2) is 0 Å². The lowest BCUT2D eigenvalue weighted by Gasteiger charge is -2.24. The Morgan fingerprint density at radius 3 is 2.47 bits per heavy atom. The number of rotatable bonds is 4. The first-order chi connectivity index (χ1) is 9.03. The molecule has 0 atom stereocenters. The predicted octanol–water partition coefficient (Wildman–Crippen LogP) is 2.65. The summed E-state index contributed by atoms with van der Waals surface area (Å²) in [5.74, 6) is 0. The first-order valence-electron chi connectivity index (χ1n) is 6.83. The van der Waals surface area contributed by atoms with E-state index in [0.717, 1.165) is 11.3 Å². The third-order valence-corrected chi connectivity index (χ3v) is 5.28. The van der Waals surface area contributed by atoms with Gasteiger partial charge in [0.25, 0.3) is 0 Å². The molecule has 106 valence electrons. The van der Waals surface area contributed by atoms with Crippen molar-refractivity contribution in [3.05, 3.63) is 23.8 Å². The Labute approximate surface area is 115 Å². The van der Waals surface area contributed by atoms with Gasteiger partial charge in [-0.2, -0.15) is 0 Å². The summed E-state index contributed by atoms with van der Waals surface area (Å²) in [5, 5.41) is 3.45. The third-order valence-electron chi connectivity index (χ3n) is 3.72. The minimum atomic E-state index is -3.38. The van der Waals surface area contributed by atoms with E-state index in [0.29, 0.717) is 10.9 Å². The minimum absolute atomic E-state index is 0.357. The highest BCUT2D eigenvalue weighted by molar-refractivity contribution is 7.89. The fourth-order valence-corrected chi connectivity index (χ4v) is 3.57. The van der Waals surface area contributed by atoms with Crippen LogP contribution >= 0.6 is 0 Å². The molecular weight excluding hydrogens is 260 g/mol. The Balaban J connectivity index is 2.21. The van der Waals surface area contributed by atoms with Crippen LogP contribution in [0.1, 0.15) is 37.7 Å². The Kier molecular flexibility index (Phi) is 4.47. The number of benzene rings is 1. The zero-order chi connectivity index (χ0) is 13.9. The maximum absolute atomic E-state index is 11.9. The molecule has 5 heteroatoms. The number of anilines is 1. The Morgan fingerprint density at radius 1 is 1.16 bits per heavy atom. The maximum atomic E-state index is 11.9. The van der Waals surface area contributed by atoms with E-state index in [-0.39, 0.29) is 0 Å².